The van der Waals surface area contributed by atoms with Gasteiger partial charge in [-0.15, -0.1) is 0 Å². The molecule has 0 aliphatic heterocycles. The van der Waals surface area contributed by atoms with Crippen LogP contribution in [0.25, 0.3) is 0 Å². The smallest absolute Gasteiger partial charge is 0.278 e. The van der Waals surface area contributed by atoms with Gasteiger partial charge < -0.3 is 5.32 Å². The van der Waals surface area contributed by atoms with Gasteiger partial charge in [0.1, 0.15) is 5.82 Å². The standard InChI is InChI=1S/C14H13BrFN3O2/c1-8-6-17-13(9(2)14(8)19(20)21)7-18-12-4-3-10(16)5-11(12)15/h3-6,18H,7H2,1-2H3. The summed E-state index contributed by atoms with van der Waals surface area (Å²) in [5.74, 6) is -0.340. The molecular weight excluding hydrogens is 341 g/mol. The number of nitro groups is 1. The molecule has 0 spiro atoms. The average molecular weight is 354 g/mol. The summed E-state index contributed by atoms with van der Waals surface area (Å²) in [4.78, 5) is 14.9. The van der Waals surface area contributed by atoms with Crippen molar-refractivity contribution >= 4 is 27.3 Å². The number of anilines is 1. The number of nitrogens with one attached hydrogen (secondary N) is 1. The zero-order valence-corrected chi connectivity index (χ0v) is 13.1. The normalized spacial score (nSPS) is 10.5. The third kappa shape index (κ3) is 3.36. The van der Waals surface area contributed by atoms with Gasteiger partial charge in [0.25, 0.3) is 5.69 Å². The van der Waals surface area contributed by atoms with Crippen molar-refractivity contribution in [3.05, 3.63) is 61.6 Å². The Morgan fingerprint density at radius 2 is 2.14 bits per heavy atom. The summed E-state index contributed by atoms with van der Waals surface area (Å²) in [7, 11) is 0. The Labute approximate surface area is 129 Å². The van der Waals surface area contributed by atoms with Crippen molar-refractivity contribution in [3.63, 3.8) is 0 Å². The van der Waals surface area contributed by atoms with E-state index in [1.165, 1.54) is 18.3 Å². The van der Waals surface area contributed by atoms with Crippen LogP contribution in [0.4, 0.5) is 15.8 Å². The molecule has 1 aromatic carbocycles. The second-order valence-corrected chi connectivity index (χ2v) is 5.45. The molecule has 0 fully saturated rings. The zero-order valence-electron chi connectivity index (χ0n) is 11.5. The van der Waals surface area contributed by atoms with Gasteiger partial charge in [0, 0.05) is 21.9 Å². The molecule has 21 heavy (non-hydrogen) atoms. The highest BCUT2D eigenvalue weighted by atomic mass is 79.9. The molecule has 0 aliphatic carbocycles. The molecule has 0 atom stereocenters. The SMILES string of the molecule is Cc1cnc(CNc2ccc(F)cc2Br)c(C)c1[N+](=O)[O-]. The van der Waals surface area contributed by atoms with Gasteiger partial charge in [0.05, 0.1) is 22.7 Å². The lowest BCUT2D eigenvalue weighted by Gasteiger charge is -2.11. The van der Waals surface area contributed by atoms with Crippen LogP contribution in [-0.2, 0) is 6.54 Å². The van der Waals surface area contributed by atoms with Crippen LogP contribution in [0.15, 0.2) is 28.9 Å². The van der Waals surface area contributed by atoms with Gasteiger partial charge in [-0.2, -0.15) is 0 Å². The van der Waals surface area contributed by atoms with Crippen molar-refractivity contribution in [1.29, 1.82) is 0 Å². The van der Waals surface area contributed by atoms with E-state index in [-0.39, 0.29) is 11.5 Å². The van der Waals surface area contributed by atoms with Crippen molar-refractivity contribution in [1.82, 2.24) is 4.98 Å². The minimum Gasteiger partial charge on any atom is -0.378 e. The van der Waals surface area contributed by atoms with E-state index >= 15 is 0 Å². The maximum Gasteiger partial charge on any atom is 0.278 e. The van der Waals surface area contributed by atoms with E-state index in [9.17, 15) is 14.5 Å². The molecule has 5 nitrogen and oxygen atoms in total. The van der Waals surface area contributed by atoms with Crippen LogP contribution in [0.1, 0.15) is 16.8 Å². The zero-order chi connectivity index (χ0) is 15.6. The van der Waals surface area contributed by atoms with Crippen LogP contribution in [0.3, 0.4) is 0 Å². The molecule has 2 aromatic rings. The molecule has 0 unspecified atom stereocenters. The largest absolute Gasteiger partial charge is 0.378 e. The number of nitrogens with zero attached hydrogens (tertiary/aromatic N) is 2. The monoisotopic (exact) mass is 353 g/mol. The molecule has 1 heterocycles. The number of hydrogen-bond donors (Lipinski definition) is 1. The fourth-order valence-electron chi connectivity index (χ4n) is 2.04. The molecule has 7 heteroatoms. The number of halogens is 2. The summed E-state index contributed by atoms with van der Waals surface area (Å²) >= 11 is 3.26. The van der Waals surface area contributed by atoms with Gasteiger partial charge in [-0.05, 0) is 48.0 Å². The molecule has 0 aliphatic rings. The van der Waals surface area contributed by atoms with E-state index in [2.05, 4.69) is 26.2 Å². The predicted molar refractivity (Wildman–Crippen MR) is 81.8 cm³/mol. The fourth-order valence-corrected chi connectivity index (χ4v) is 2.53. The van der Waals surface area contributed by atoms with Crippen LogP contribution in [0.5, 0.6) is 0 Å². The minimum atomic E-state index is -0.399. The molecule has 1 aromatic heterocycles. The highest BCUT2D eigenvalue weighted by Gasteiger charge is 2.18. The number of hydrogen-bond acceptors (Lipinski definition) is 4. The summed E-state index contributed by atoms with van der Waals surface area (Å²) < 4.78 is 13.6. The molecule has 0 bridgehead atoms. The molecule has 110 valence electrons. The van der Waals surface area contributed by atoms with Crippen LogP contribution in [-0.4, -0.2) is 9.91 Å². The van der Waals surface area contributed by atoms with Crippen molar-refractivity contribution in [3.8, 4) is 0 Å². The minimum absolute atomic E-state index is 0.0833. The van der Waals surface area contributed by atoms with Gasteiger partial charge >= 0.3 is 0 Å². The Kier molecular flexibility index (Phi) is 4.52. The number of benzene rings is 1. The number of aryl methyl sites for hydroxylation is 1. The fraction of sp³-hybridized carbons (Fsp3) is 0.214. The summed E-state index contributed by atoms with van der Waals surface area (Å²) in [5, 5.41) is 14.2. The Hall–Kier alpha value is -2.02. The van der Waals surface area contributed by atoms with Gasteiger partial charge in [0.2, 0.25) is 0 Å². The molecule has 0 amide bonds. The first-order chi connectivity index (χ1) is 9.90. The quantitative estimate of drug-likeness (QED) is 0.663. The molecule has 0 saturated heterocycles. The lowest BCUT2D eigenvalue weighted by Crippen LogP contribution is -2.07. The summed E-state index contributed by atoms with van der Waals surface area (Å²) in [6, 6.07) is 4.28. The molecule has 0 saturated carbocycles. The first kappa shape index (κ1) is 15.4. The number of pyridine rings is 1. The lowest BCUT2D eigenvalue weighted by molar-refractivity contribution is -0.386. The number of aromatic nitrogens is 1. The van der Waals surface area contributed by atoms with Gasteiger partial charge in [0.15, 0.2) is 0 Å². The molecule has 0 radical (unpaired) electrons. The highest BCUT2D eigenvalue weighted by molar-refractivity contribution is 9.10. The second kappa shape index (κ2) is 6.17. The Balaban J connectivity index is 2.24. The molecule has 2 rings (SSSR count). The topological polar surface area (TPSA) is 68.1 Å². The van der Waals surface area contributed by atoms with E-state index in [1.807, 2.05) is 0 Å². The first-order valence-electron chi connectivity index (χ1n) is 6.18. The highest BCUT2D eigenvalue weighted by Crippen LogP contribution is 2.26. The van der Waals surface area contributed by atoms with E-state index in [0.717, 1.165) is 0 Å². The van der Waals surface area contributed by atoms with Gasteiger partial charge in [-0.1, -0.05) is 0 Å². The lowest BCUT2D eigenvalue weighted by atomic mass is 10.1. The van der Waals surface area contributed by atoms with Crippen molar-refractivity contribution in [2.24, 2.45) is 0 Å². The first-order valence-corrected chi connectivity index (χ1v) is 6.98. The maximum atomic E-state index is 13.0. The Morgan fingerprint density at radius 1 is 1.43 bits per heavy atom. The van der Waals surface area contributed by atoms with Crippen molar-refractivity contribution < 1.29 is 9.31 Å². The van der Waals surface area contributed by atoms with E-state index in [0.29, 0.717) is 33.5 Å². The maximum absolute atomic E-state index is 13.0. The predicted octanol–water partition coefficient (Wildman–Crippen LogP) is 4.12. The van der Waals surface area contributed by atoms with Crippen LogP contribution in [0, 0.1) is 29.8 Å². The summed E-state index contributed by atoms with van der Waals surface area (Å²) in [6.45, 7) is 3.65. The summed E-state index contributed by atoms with van der Waals surface area (Å²) in [6.07, 6.45) is 1.49. The van der Waals surface area contributed by atoms with Crippen LogP contribution >= 0.6 is 15.9 Å². The van der Waals surface area contributed by atoms with Crippen LogP contribution < -0.4 is 5.32 Å². The average Bonchev–Trinajstić information content (AvgIpc) is 2.39. The Morgan fingerprint density at radius 3 is 2.76 bits per heavy atom. The second-order valence-electron chi connectivity index (χ2n) is 4.60. The van der Waals surface area contributed by atoms with Gasteiger partial charge in [-0.3, -0.25) is 15.1 Å². The van der Waals surface area contributed by atoms with E-state index in [4.69, 9.17) is 0 Å². The van der Waals surface area contributed by atoms with E-state index in [1.54, 1.807) is 19.9 Å². The summed E-state index contributed by atoms with van der Waals surface area (Å²) in [5.41, 5.74) is 2.43. The molecule has 1 N–H and O–H groups in total. The molecular formula is C14H13BrFN3O2. The van der Waals surface area contributed by atoms with Crippen LogP contribution in [0.2, 0.25) is 0 Å². The van der Waals surface area contributed by atoms with Crippen molar-refractivity contribution in [2.45, 2.75) is 20.4 Å². The third-order valence-electron chi connectivity index (χ3n) is 3.14. The van der Waals surface area contributed by atoms with E-state index < -0.39 is 4.92 Å². The van der Waals surface area contributed by atoms with Crippen molar-refractivity contribution in [2.75, 3.05) is 5.32 Å². The third-order valence-corrected chi connectivity index (χ3v) is 3.79. The number of rotatable bonds is 4. The van der Waals surface area contributed by atoms with Gasteiger partial charge in [-0.25, -0.2) is 4.39 Å². The Bertz CT molecular complexity index is 707.